The van der Waals surface area contributed by atoms with E-state index in [4.69, 9.17) is 0 Å². The maximum absolute atomic E-state index is 13.7. The fourth-order valence-corrected chi connectivity index (χ4v) is 3.19. The maximum atomic E-state index is 13.7. The molecule has 1 nitrogen and oxygen atoms in total. The Balaban J connectivity index is 1.94. The average molecular weight is 245 g/mol. The van der Waals surface area contributed by atoms with E-state index in [9.17, 15) is 4.39 Å². The summed E-state index contributed by atoms with van der Waals surface area (Å²) in [6, 6.07) is 5.36. The van der Waals surface area contributed by atoms with E-state index in [1.165, 1.54) is 37.3 Å². The Kier molecular flexibility index (Phi) is 2.69. The second-order valence-electron chi connectivity index (χ2n) is 6.34. The predicted molar refractivity (Wildman–Crippen MR) is 73.2 cm³/mol. The van der Waals surface area contributed by atoms with E-state index in [0.717, 1.165) is 5.39 Å². The lowest BCUT2D eigenvalue weighted by atomic mass is 9.71. The number of aromatic amines is 1. The van der Waals surface area contributed by atoms with Gasteiger partial charge in [-0.3, -0.25) is 0 Å². The minimum atomic E-state index is -0.144. The standard InChI is InChI=1S/C16H20FN/c1-16(2)8-6-11(7-9-16)13-10-18-15-12(13)4-3-5-14(15)17/h3-5,10-11,18H,6-9H2,1-2H3. The van der Waals surface area contributed by atoms with E-state index in [2.05, 4.69) is 18.8 Å². The SMILES string of the molecule is CC1(C)CCC(c2c[nH]c3c(F)cccc23)CC1. The normalized spacial score (nSPS) is 20.4. The van der Waals surface area contributed by atoms with Crippen LogP contribution in [-0.4, -0.2) is 4.98 Å². The Labute approximate surface area is 107 Å². The number of nitrogens with one attached hydrogen (secondary N) is 1. The molecule has 0 spiro atoms. The molecule has 3 rings (SSSR count). The smallest absolute Gasteiger partial charge is 0.147 e. The molecule has 1 aromatic heterocycles. The highest BCUT2D eigenvalue weighted by Gasteiger charge is 2.28. The molecule has 0 bridgehead atoms. The number of benzene rings is 1. The number of para-hydroxylation sites is 1. The summed E-state index contributed by atoms with van der Waals surface area (Å²) < 4.78 is 13.7. The highest BCUT2D eigenvalue weighted by molar-refractivity contribution is 5.84. The average Bonchev–Trinajstić information content (AvgIpc) is 2.74. The molecule has 1 aliphatic carbocycles. The van der Waals surface area contributed by atoms with Crippen LogP contribution in [0.4, 0.5) is 4.39 Å². The van der Waals surface area contributed by atoms with Crippen molar-refractivity contribution < 1.29 is 4.39 Å². The monoisotopic (exact) mass is 245 g/mol. The number of fused-ring (bicyclic) bond motifs is 1. The van der Waals surface area contributed by atoms with Gasteiger partial charge in [0.15, 0.2) is 0 Å². The van der Waals surface area contributed by atoms with Gasteiger partial charge in [0.25, 0.3) is 0 Å². The molecule has 0 atom stereocenters. The third kappa shape index (κ3) is 1.94. The number of aromatic nitrogens is 1. The largest absolute Gasteiger partial charge is 0.359 e. The number of hydrogen-bond donors (Lipinski definition) is 1. The van der Waals surface area contributed by atoms with Crippen LogP contribution in [0.1, 0.15) is 51.0 Å². The van der Waals surface area contributed by atoms with Gasteiger partial charge in [0, 0.05) is 11.6 Å². The van der Waals surface area contributed by atoms with Gasteiger partial charge in [-0.2, -0.15) is 0 Å². The topological polar surface area (TPSA) is 15.8 Å². The third-order valence-corrected chi connectivity index (χ3v) is 4.48. The van der Waals surface area contributed by atoms with Crippen LogP contribution in [-0.2, 0) is 0 Å². The van der Waals surface area contributed by atoms with Crippen molar-refractivity contribution in [3.05, 3.63) is 35.8 Å². The number of halogens is 1. The summed E-state index contributed by atoms with van der Waals surface area (Å²) in [5, 5.41) is 1.07. The predicted octanol–water partition coefficient (Wildman–Crippen LogP) is 4.99. The molecule has 1 saturated carbocycles. The first-order valence-electron chi connectivity index (χ1n) is 6.82. The highest BCUT2D eigenvalue weighted by Crippen LogP contribution is 2.44. The summed E-state index contributed by atoms with van der Waals surface area (Å²) in [5.41, 5.74) is 2.45. The molecule has 0 unspecified atom stereocenters. The third-order valence-electron chi connectivity index (χ3n) is 4.48. The number of H-pyrrole nitrogens is 1. The lowest BCUT2D eigenvalue weighted by Crippen LogP contribution is -2.20. The van der Waals surface area contributed by atoms with Gasteiger partial charge in [-0.25, -0.2) is 4.39 Å². The quantitative estimate of drug-likeness (QED) is 0.728. The van der Waals surface area contributed by atoms with Crippen LogP contribution in [0, 0.1) is 11.2 Å². The molecule has 0 aliphatic heterocycles. The first-order valence-corrected chi connectivity index (χ1v) is 6.82. The Bertz CT molecular complexity index is 557. The van der Waals surface area contributed by atoms with Crippen molar-refractivity contribution >= 4 is 10.9 Å². The van der Waals surface area contributed by atoms with Crippen LogP contribution < -0.4 is 0 Å². The summed E-state index contributed by atoms with van der Waals surface area (Å²) in [7, 11) is 0. The summed E-state index contributed by atoms with van der Waals surface area (Å²) in [6.45, 7) is 4.69. The molecule has 2 heteroatoms. The first-order chi connectivity index (χ1) is 8.57. The van der Waals surface area contributed by atoms with E-state index in [1.807, 2.05) is 18.3 Å². The molecular weight excluding hydrogens is 225 g/mol. The van der Waals surface area contributed by atoms with Gasteiger partial charge in [-0.05, 0) is 48.6 Å². The molecule has 2 aromatic rings. The fourth-order valence-electron chi connectivity index (χ4n) is 3.19. The molecule has 1 N–H and O–H groups in total. The molecule has 1 aromatic carbocycles. The Morgan fingerprint density at radius 1 is 1.22 bits per heavy atom. The van der Waals surface area contributed by atoms with E-state index < -0.39 is 0 Å². The molecule has 1 heterocycles. The van der Waals surface area contributed by atoms with Crippen molar-refractivity contribution in [2.24, 2.45) is 5.41 Å². The second-order valence-corrected chi connectivity index (χ2v) is 6.34. The zero-order valence-corrected chi connectivity index (χ0v) is 11.1. The van der Waals surface area contributed by atoms with Crippen LogP contribution in [0.15, 0.2) is 24.4 Å². The maximum Gasteiger partial charge on any atom is 0.147 e. The summed E-state index contributed by atoms with van der Waals surface area (Å²) in [4.78, 5) is 3.10. The molecule has 0 saturated heterocycles. The van der Waals surface area contributed by atoms with E-state index in [0.29, 0.717) is 16.8 Å². The van der Waals surface area contributed by atoms with Crippen LogP contribution >= 0.6 is 0 Å². The van der Waals surface area contributed by atoms with Gasteiger partial charge in [0.2, 0.25) is 0 Å². The zero-order valence-electron chi connectivity index (χ0n) is 11.1. The van der Waals surface area contributed by atoms with Crippen molar-refractivity contribution in [2.75, 3.05) is 0 Å². The summed E-state index contributed by atoms with van der Waals surface area (Å²) in [6.07, 6.45) is 6.98. The number of rotatable bonds is 1. The minimum absolute atomic E-state index is 0.144. The van der Waals surface area contributed by atoms with Gasteiger partial charge in [-0.15, -0.1) is 0 Å². The van der Waals surface area contributed by atoms with Crippen molar-refractivity contribution in [1.29, 1.82) is 0 Å². The molecule has 0 radical (unpaired) electrons. The van der Waals surface area contributed by atoms with E-state index in [-0.39, 0.29) is 5.82 Å². The minimum Gasteiger partial charge on any atom is -0.359 e. The molecular formula is C16H20FN. The van der Waals surface area contributed by atoms with Gasteiger partial charge >= 0.3 is 0 Å². The van der Waals surface area contributed by atoms with E-state index >= 15 is 0 Å². The molecule has 0 amide bonds. The highest BCUT2D eigenvalue weighted by atomic mass is 19.1. The summed E-state index contributed by atoms with van der Waals surface area (Å²) in [5.74, 6) is 0.448. The second kappa shape index (κ2) is 4.11. The van der Waals surface area contributed by atoms with Gasteiger partial charge in [0.1, 0.15) is 5.82 Å². The summed E-state index contributed by atoms with van der Waals surface area (Å²) >= 11 is 0. The van der Waals surface area contributed by atoms with Crippen molar-refractivity contribution in [1.82, 2.24) is 4.98 Å². The van der Waals surface area contributed by atoms with Crippen molar-refractivity contribution in [3.63, 3.8) is 0 Å². The molecule has 1 fully saturated rings. The van der Waals surface area contributed by atoms with E-state index in [1.54, 1.807) is 0 Å². The first kappa shape index (κ1) is 11.8. The number of hydrogen-bond acceptors (Lipinski definition) is 0. The van der Waals surface area contributed by atoms with Crippen LogP contribution in [0.25, 0.3) is 10.9 Å². The van der Waals surface area contributed by atoms with Crippen molar-refractivity contribution in [2.45, 2.75) is 45.4 Å². The molecule has 18 heavy (non-hydrogen) atoms. The Morgan fingerprint density at radius 3 is 2.67 bits per heavy atom. The lowest BCUT2D eigenvalue weighted by molar-refractivity contribution is 0.225. The van der Waals surface area contributed by atoms with Gasteiger partial charge < -0.3 is 4.98 Å². The van der Waals surface area contributed by atoms with Gasteiger partial charge in [0.05, 0.1) is 5.52 Å². The Morgan fingerprint density at radius 2 is 1.94 bits per heavy atom. The molecule has 1 aliphatic rings. The van der Waals surface area contributed by atoms with Crippen LogP contribution in [0.5, 0.6) is 0 Å². The van der Waals surface area contributed by atoms with Crippen LogP contribution in [0.3, 0.4) is 0 Å². The van der Waals surface area contributed by atoms with Crippen molar-refractivity contribution in [3.8, 4) is 0 Å². The lowest BCUT2D eigenvalue weighted by Gasteiger charge is -2.34. The fraction of sp³-hybridized carbons (Fsp3) is 0.500. The zero-order chi connectivity index (χ0) is 12.8. The van der Waals surface area contributed by atoms with Gasteiger partial charge in [-0.1, -0.05) is 26.0 Å². The Hall–Kier alpha value is -1.31. The van der Waals surface area contributed by atoms with Crippen LogP contribution in [0.2, 0.25) is 0 Å². The molecule has 96 valence electrons.